The van der Waals surface area contributed by atoms with Crippen molar-refractivity contribution in [3.63, 3.8) is 0 Å². The molecule has 0 aromatic heterocycles. The number of nitrogens with zero attached hydrogens (tertiary/aromatic N) is 2. The second-order valence-corrected chi connectivity index (χ2v) is 10.2. The van der Waals surface area contributed by atoms with Gasteiger partial charge in [-0.15, -0.1) is 0 Å². The van der Waals surface area contributed by atoms with Gasteiger partial charge in [-0.05, 0) is 55.1 Å². The molecule has 1 amide bonds. The van der Waals surface area contributed by atoms with E-state index in [1.54, 1.807) is 24.1 Å². The first-order valence-electron chi connectivity index (χ1n) is 9.19. The van der Waals surface area contributed by atoms with Crippen LogP contribution in [0.25, 0.3) is 0 Å². The van der Waals surface area contributed by atoms with Gasteiger partial charge in [-0.25, -0.2) is 17.5 Å². The summed E-state index contributed by atoms with van der Waals surface area (Å²) in [6.07, 6.45) is 2.67. The van der Waals surface area contributed by atoms with Crippen molar-refractivity contribution >= 4 is 33.6 Å². The third kappa shape index (κ3) is 4.04. The summed E-state index contributed by atoms with van der Waals surface area (Å²) in [6, 6.07) is 15.0. The minimum atomic E-state index is -3.17. The second-order valence-electron chi connectivity index (χ2n) is 7.05. The first-order valence-corrected chi connectivity index (χ1v) is 11.9. The molecule has 4 rings (SSSR count). The lowest BCUT2D eigenvalue weighted by Gasteiger charge is -2.39. The molecule has 2 aromatic carbocycles. The topological polar surface area (TPSA) is 66.9 Å². The monoisotopic (exact) mass is 418 g/mol. The van der Waals surface area contributed by atoms with Gasteiger partial charge in [-0.1, -0.05) is 18.2 Å². The van der Waals surface area contributed by atoms with Gasteiger partial charge in [0.15, 0.2) is 9.84 Å². The average molecular weight is 419 g/mol. The first-order chi connectivity index (χ1) is 13.4. The average Bonchev–Trinajstić information content (AvgIpc) is 2.68. The van der Waals surface area contributed by atoms with E-state index in [1.807, 2.05) is 41.3 Å². The van der Waals surface area contributed by atoms with E-state index >= 15 is 0 Å². The molecule has 0 aliphatic carbocycles. The maximum atomic E-state index is 12.4. The van der Waals surface area contributed by atoms with Gasteiger partial charge < -0.3 is 4.74 Å². The van der Waals surface area contributed by atoms with Crippen molar-refractivity contribution in [2.45, 2.75) is 35.3 Å². The number of sulfone groups is 1. The fourth-order valence-electron chi connectivity index (χ4n) is 3.61. The van der Waals surface area contributed by atoms with Gasteiger partial charge in [0.05, 0.1) is 10.6 Å². The zero-order valence-corrected chi connectivity index (χ0v) is 17.2. The third-order valence-electron chi connectivity index (χ3n) is 5.07. The van der Waals surface area contributed by atoms with Crippen molar-refractivity contribution in [2.24, 2.45) is 0 Å². The van der Waals surface area contributed by atoms with Gasteiger partial charge in [0.25, 0.3) is 0 Å². The Morgan fingerprint density at radius 2 is 1.71 bits per heavy atom. The standard InChI is InChI=1S/C20H22N2O4S2/c1-28(24,25)18-8-6-17(7-9-18)27-21-12-10-16(11-13-21)22-19-5-3-2-4-15(19)14-26-20(22)23/h2-9,16H,10-14H2,1H3. The predicted molar refractivity (Wildman–Crippen MR) is 109 cm³/mol. The Balaban J connectivity index is 1.39. The number of carbonyl (C=O) groups is 1. The smallest absolute Gasteiger partial charge is 0.414 e. The van der Waals surface area contributed by atoms with Crippen molar-refractivity contribution in [3.05, 3.63) is 54.1 Å². The molecule has 28 heavy (non-hydrogen) atoms. The lowest BCUT2D eigenvalue weighted by atomic mass is 10.0. The van der Waals surface area contributed by atoms with E-state index in [2.05, 4.69) is 4.31 Å². The molecule has 1 saturated heterocycles. The molecule has 0 bridgehead atoms. The van der Waals surface area contributed by atoms with Crippen LogP contribution in [0.4, 0.5) is 10.5 Å². The minimum absolute atomic E-state index is 0.124. The quantitative estimate of drug-likeness (QED) is 0.705. The van der Waals surface area contributed by atoms with Crippen LogP contribution in [-0.2, 0) is 21.2 Å². The van der Waals surface area contributed by atoms with Gasteiger partial charge in [0.2, 0.25) is 0 Å². The number of piperidine rings is 1. The Kier molecular flexibility index (Phi) is 5.35. The van der Waals surface area contributed by atoms with E-state index < -0.39 is 9.84 Å². The summed E-state index contributed by atoms with van der Waals surface area (Å²) >= 11 is 1.62. The van der Waals surface area contributed by atoms with Crippen LogP contribution in [0.3, 0.4) is 0 Å². The highest BCUT2D eigenvalue weighted by atomic mass is 32.2. The molecule has 2 aliphatic heterocycles. The molecule has 2 aromatic rings. The number of fused-ring (bicyclic) bond motifs is 1. The van der Waals surface area contributed by atoms with Crippen molar-refractivity contribution in [1.82, 2.24) is 4.31 Å². The molecule has 0 unspecified atom stereocenters. The lowest BCUT2D eigenvalue weighted by molar-refractivity contribution is 0.136. The molecule has 0 saturated carbocycles. The zero-order valence-electron chi connectivity index (χ0n) is 15.6. The summed E-state index contributed by atoms with van der Waals surface area (Å²) in [4.78, 5) is 15.5. The SMILES string of the molecule is CS(=O)(=O)c1ccc(SN2CCC(N3C(=O)OCc4ccccc43)CC2)cc1. The highest BCUT2D eigenvalue weighted by Crippen LogP contribution is 2.34. The number of amides is 1. The van der Waals surface area contributed by atoms with Crippen LogP contribution >= 0.6 is 11.9 Å². The second kappa shape index (κ2) is 7.77. The van der Waals surface area contributed by atoms with Gasteiger partial charge in [-0.2, -0.15) is 0 Å². The van der Waals surface area contributed by atoms with E-state index in [0.717, 1.165) is 42.1 Å². The summed E-state index contributed by atoms with van der Waals surface area (Å²) in [7, 11) is -3.17. The molecule has 2 aliphatic rings. The number of rotatable bonds is 4. The summed E-state index contributed by atoms with van der Waals surface area (Å²) in [5, 5.41) is 0. The Labute approximate surface area is 169 Å². The molecule has 0 spiro atoms. The van der Waals surface area contributed by atoms with Gasteiger partial charge in [-0.3, -0.25) is 4.90 Å². The molecule has 6 nitrogen and oxygen atoms in total. The molecule has 0 atom stereocenters. The number of cyclic esters (lactones) is 1. The van der Waals surface area contributed by atoms with Crippen molar-refractivity contribution in [1.29, 1.82) is 0 Å². The molecular weight excluding hydrogens is 396 g/mol. The first kappa shape index (κ1) is 19.3. The van der Waals surface area contributed by atoms with E-state index in [4.69, 9.17) is 4.74 Å². The number of para-hydroxylation sites is 1. The third-order valence-corrected chi connectivity index (χ3v) is 7.31. The van der Waals surface area contributed by atoms with E-state index in [1.165, 1.54) is 6.26 Å². The molecule has 0 N–H and O–H groups in total. The number of hydrogen-bond acceptors (Lipinski definition) is 6. The van der Waals surface area contributed by atoms with E-state index in [9.17, 15) is 13.2 Å². The summed E-state index contributed by atoms with van der Waals surface area (Å²) in [5.74, 6) is 0. The van der Waals surface area contributed by atoms with Crippen LogP contribution in [0.2, 0.25) is 0 Å². The summed E-state index contributed by atoms with van der Waals surface area (Å²) < 4.78 is 30.8. The number of benzene rings is 2. The maximum absolute atomic E-state index is 12.4. The van der Waals surface area contributed by atoms with Crippen LogP contribution in [-0.4, -0.2) is 44.2 Å². The maximum Gasteiger partial charge on any atom is 0.414 e. The van der Waals surface area contributed by atoms with Gasteiger partial charge in [0.1, 0.15) is 6.61 Å². The fourth-order valence-corrected chi connectivity index (χ4v) is 5.19. The number of carbonyl (C=O) groups excluding carboxylic acids is 1. The Bertz CT molecular complexity index is 968. The molecule has 148 valence electrons. The van der Waals surface area contributed by atoms with Crippen molar-refractivity contribution in [2.75, 3.05) is 24.2 Å². The fraction of sp³-hybridized carbons (Fsp3) is 0.350. The minimum Gasteiger partial charge on any atom is -0.444 e. The zero-order chi connectivity index (χ0) is 19.7. The number of hydrogen-bond donors (Lipinski definition) is 0. The van der Waals surface area contributed by atoms with Gasteiger partial charge >= 0.3 is 6.09 Å². The van der Waals surface area contributed by atoms with Crippen LogP contribution in [0.15, 0.2) is 58.3 Å². The number of anilines is 1. The molecule has 2 heterocycles. The lowest BCUT2D eigenvalue weighted by Crippen LogP contribution is -2.48. The molecular formula is C20H22N2O4S2. The van der Waals surface area contributed by atoms with Crippen LogP contribution < -0.4 is 4.90 Å². The summed E-state index contributed by atoms with van der Waals surface area (Å²) in [6.45, 7) is 2.02. The normalized spacial score (nSPS) is 18.6. The van der Waals surface area contributed by atoms with Crippen LogP contribution in [0, 0.1) is 0 Å². The summed E-state index contributed by atoms with van der Waals surface area (Å²) in [5.41, 5.74) is 2.01. The van der Waals surface area contributed by atoms with Crippen LogP contribution in [0.1, 0.15) is 18.4 Å². The Hall–Kier alpha value is -2.03. The highest BCUT2D eigenvalue weighted by Gasteiger charge is 2.34. The van der Waals surface area contributed by atoms with E-state index in [0.29, 0.717) is 11.5 Å². The molecule has 8 heteroatoms. The van der Waals surface area contributed by atoms with Gasteiger partial charge in [0, 0.05) is 35.8 Å². The molecule has 0 radical (unpaired) electrons. The van der Waals surface area contributed by atoms with Crippen molar-refractivity contribution < 1.29 is 17.9 Å². The van der Waals surface area contributed by atoms with Crippen LogP contribution in [0.5, 0.6) is 0 Å². The highest BCUT2D eigenvalue weighted by molar-refractivity contribution is 7.97. The predicted octanol–water partition coefficient (Wildman–Crippen LogP) is 3.72. The number of ether oxygens (including phenoxy) is 1. The molecule has 1 fully saturated rings. The Morgan fingerprint density at radius 1 is 1.04 bits per heavy atom. The van der Waals surface area contributed by atoms with Crippen molar-refractivity contribution in [3.8, 4) is 0 Å². The largest absolute Gasteiger partial charge is 0.444 e. The van der Waals surface area contributed by atoms with E-state index in [-0.39, 0.29) is 12.1 Å². The Morgan fingerprint density at radius 3 is 2.39 bits per heavy atom.